The van der Waals surface area contributed by atoms with Crippen LogP contribution in [0.1, 0.15) is 105 Å². The molecule has 0 aliphatic heterocycles. The Kier molecular flexibility index (Phi) is 5.82. The van der Waals surface area contributed by atoms with E-state index in [1.54, 1.807) is 0 Å². The van der Waals surface area contributed by atoms with E-state index in [2.05, 4.69) is 34.6 Å². The first-order valence-corrected chi connectivity index (χ1v) is 12.6. The average Bonchev–Trinajstić information content (AvgIpc) is 3.00. The Bertz CT molecular complexity index is 676. The zero-order valence-electron chi connectivity index (χ0n) is 19.6. The van der Waals surface area contributed by atoms with Crippen LogP contribution in [0.2, 0.25) is 0 Å². The van der Waals surface area contributed by atoms with Crippen molar-refractivity contribution in [3.05, 3.63) is 11.1 Å². The molecule has 2 nitrogen and oxygen atoms in total. The third-order valence-corrected chi connectivity index (χ3v) is 10.0. The number of aliphatic hydroxyl groups excluding tert-OH is 1. The molecule has 29 heavy (non-hydrogen) atoms. The highest BCUT2D eigenvalue weighted by Crippen LogP contribution is 2.65. The van der Waals surface area contributed by atoms with Crippen molar-refractivity contribution in [2.75, 3.05) is 0 Å². The molecule has 4 aliphatic rings. The quantitative estimate of drug-likeness (QED) is 0.556. The van der Waals surface area contributed by atoms with Gasteiger partial charge in [-0.3, -0.25) is 4.79 Å². The number of ketones is 1. The van der Waals surface area contributed by atoms with Gasteiger partial charge < -0.3 is 5.11 Å². The van der Waals surface area contributed by atoms with Crippen LogP contribution in [0.15, 0.2) is 11.1 Å². The molecule has 0 radical (unpaired) electrons. The fourth-order valence-corrected chi connectivity index (χ4v) is 8.19. The second-order valence-corrected chi connectivity index (χ2v) is 12.1. The molecule has 0 spiro atoms. The Morgan fingerprint density at radius 1 is 1.07 bits per heavy atom. The zero-order chi connectivity index (χ0) is 21.0. The van der Waals surface area contributed by atoms with Gasteiger partial charge in [0.25, 0.3) is 0 Å². The highest BCUT2D eigenvalue weighted by Gasteiger charge is 2.57. The number of carbonyl (C=O) groups excluding carboxylic acids is 1. The van der Waals surface area contributed by atoms with E-state index in [1.807, 2.05) is 0 Å². The number of aliphatic hydroxyl groups is 1. The van der Waals surface area contributed by atoms with Crippen molar-refractivity contribution in [1.82, 2.24) is 0 Å². The molecule has 2 heteroatoms. The summed E-state index contributed by atoms with van der Waals surface area (Å²) in [6.45, 7) is 12.1. The second kappa shape index (κ2) is 7.81. The molecule has 2 saturated carbocycles. The van der Waals surface area contributed by atoms with Gasteiger partial charge in [-0.1, -0.05) is 59.5 Å². The maximum atomic E-state index is 13.4. The molecule has 0 aromatic carbocycles. The normalized spacial score (nSPS) is 43.2. The van der Waals surface area contributed by atoms with Gasteiger partial charge >= 0.3 is 0 Å². The summed E-state index contributed by atoms with van der Waals surface area (Å²) >= 11 is 0. The van der Waals surface area contributed by atoms with E-state index in [9.17, 15) is 9.90 Å². The highest BCUT2D eigenvalue weighted by molar-refractivity contribution is 5.98. The Hall–Kier alpha value is -0.630. The number of Topliss-reactive ketones (excluding diaryl/α,β-unsaturated/α-hetero) is 1. The Labute approximate surface area is 178 Å². The summed E-state index contributed by atoms with van der Waals surface area (Å²) in [6, 6.07) is 0. The van der Waals surface area contributed by atoms with Gasteiger partial charge in [-0.25, -0.2) is 0 Å². The molecule has 0 saturated heterocycles. The summed E-state index contributed by atoms with van der Waals surface area (Å²) in [5.41, 5.74) is 3.31. The van der Waals surface area contributed by atoms with E-state index in [4.69, 9.17) is 0 Å². The van der Waals surface area contributed by atoms with Gasteiger partial charge in [0, 0.05) is 6.42 Å². The van der Waals surface area contributed by atoms with E-state index >= 15 is 0 Å². The predicted molar refractivity (Wildman–Crippen MR) is 120 cm³/mol. The first-order valence-electron chi connectivity index (χ1n) is 12.6. The van der Waals surface area contributed by atoms with Crippen LogP contribution in [0, 0.1) is 40.4 Å². The fraction of sp³-hybridized carbons (Fsp3) is 0.889. The Balaban J connectivity index is 1.58. The smallest absolute Gasteiger partial charge is 0.159 e. The van der Waals surface area contributed by atoms with Gasteiger partial charge in [0.05, 0.1) is 6.10 Å². The summed E-state index contributed by atoms with van der Waals surface area (Å²) in [7, 11) is 0. The van der Waals surface area contributed by atoms with Gasteiger partial charge in [-0.15, -0.1) is 0 Å². The minimum Gasteiger partial charge on any atom is -0.393 e. The fourth-order valence-electron chi connectivity index (χ4n) is 8.19. The Morgan fingerprint density at radius 3 is 2.55 bits per heavy atom. The monoisotopic (exact) mass is 400 g/mol. The Morgan fingerprint density at radius 2 is 1.83 bits per heavy atom. The van der Waals surface area contributed by atoms with Gasteiger partial charge in [0.15, 0.2) is 5.78 Å². The molecule has 0 bridgehead atoms. The summed E-state index contributed by atoms with van der Waals surface area (Å²) < 4.78 is 0. The van der Waals surface area contributed by atoms with Crippen molar-refractivity contribution < 1.29 is 9.90 Å². The number of allylic oxidation sites excluding steroid dienone is 2. The maximum Gasteiger partial charge on any atom is 0.159 e. The summed E-state index contributed by atoms with van der Waals surface area (Å²) in [5.74, 6) is 3.67. The average molecular weight is 401 g/mol. The van der Waals surface area contributed by atoms with Gasteiger partial charge in [-0.05, 0) is 90.9 Å². The van der Waals surface area contributed by atoms with E-state index < -0.39 is 0 Å². The lowest BCUT2D eigenvalue weighted by atomic mass is 9.50. The minimum atomic E-state index is -0.195. The minimum absolute atomic E-state index is 0.171. The van der Waals surface area contributed by atoms with Crippen molar-refractivity contribution in [2.24, 2.45) is 40.4 Å². The highest BCUT2D eigenvalue weighted by atomic mass is 16.3. The van der Waals surface area contributed by atoms with E-state index in [0.717, 1.165) is 43.4 Å². The first kappa shape index (κ1) is 21.6. The lowest BCUT2D eigenvalue weighted by molar-refractivity contribution is -0.121. The number of hydrogen-bond acceptors (Lipinski definition) is 2. The molecular formula is C27H44O2. The van der Waals surface area contributed by atoms with E-state index in [-0.39, 0.29) is 11.5 Å². The molecule has 164 valence electrons. The van der Waals surface area contributed by atoms with Crippen LogP contribution in [0.3, 0.4) is 0 Å². The maximum absolute atomic E-state index is 13.4. The molecule has 1 unspecified atom stereocenters. The van der Waals surface area contributed by atoms with Crippen LogP contribution in [0.4, 0.5) is 0 Å². The SMILES string of the molecule is CC(C)CCC[C@@H](C)C1CC[C@H]2C3=C(CC[C@]12C)[C@@]1(C)CC[C@H](O)C[C@@H]1CC3=O. The van der Waals surface area contributed by atoms with Gasteiger partial charge in [0.2, 0.25) is 0 Å². The van der Waals surface area contributed by atoms with Gasteiger partial charge in [-0.2, -0.15) is 0 Å². The molecule has 0 heterocycles. The summed E-state index contributed by atoms with van der Waals surface area (Å²) in [6.07, 6.45) is 12.3. The van der Waals surface area contributed by atoms with Crippen LogP contribution in [-0.2, 0) is 4.79 Å². The lowest BCUT2D eigenvalue weighted by Crippen LogP contribution is -2.48. The number of rotatable bonds is 5. The molecule has 0 aromatic heterocycles. The number of carbonyl (C=O) groups is 1. The van der Waals surface area contributed by atoms with Gasteiger partial charge in [0.1, 0.15) is 0 Å². The molecule has 4 rings (SSSR count). The first-order chi connectivity index (χ1) is 13.7. The molecule has 4 aliphatic carbocycles. The molecular weight excluding hydrogens is 356 g/mol. The summed E-state index contributed by atoms with van der Waals surface area (Å²) in [5, 5.41) is 10.2. The molecule has 7 atom stereocenters. The van der Waals surface area contributed by atoms with Crippen molar-refractivity contribution in [2.45, 2.75) is 111 Å². The van der Waals surface area contributed by atoms with Crippen molar-refractivity contribution in [3.8, 4) is 0 Å². The molecule has 2 fully saturated rings. The standard InChI is InChI=1S/C27H44O2/c1-17(2)7-6-8-18(3)21-9-10-22-25-23(12-14-27(21,22)5)26(4)13-11-20(28)15-19(26)16-24(25)29/h17-22,28H,6-16H2,1-5H3/t18-,19-,20+,21?,22+,26+,27-/m1/s1. The molecule has 0 aromatic rings. The summed E-state index contributed by atoms with van der Waals surface area (Å²) in [4.78, 5) is 13.4. The number of fused-ring (bicyclic) bond motifs is 4. The lowest BCUT2D eigenvalue weighted by Gasteiger charge is -2.54. The van der Waals surface area contributed by atoms with E-state index in [1.165, 1.54) is 49.7 Å². The van der Waals surface area contributed by atoms with Crippen LogP contribution in [-0.4, -0.2) is 17.0 Å². The largest absolute Gasteiger partial charge is 0.393 e. The topological polar surface area (TPSA) is 37.3 Å². The third kappa shape index (κ3) is 3.56. The van der Waals surface area contributed by atoms with Crippen molar-refractivity contribution in [3.63, 3.8) is 0 Å². The van der Waals surface area contributed by atoms with Crippen molar-refractivity contribution >= 4 is 5.78 Å². The number of hydrogen-bond donors (Lipinski definition) is 1. The zero-order valence-corrected chi connectivity index (χ0v) is 19.6. The predicted octanol–water partition coefficient (Wildman–Crippen LogP) is 6.71. The van der Waals surface area contributed by atoms with Crippen LogP contribution in [0.5, 0.6) is 0 Å². The molecule has 0 amide bonds. The van der Waals surface area contributed by atoms with E-state index in [0.29, 0.717) is 29.5 Å². The van der Waals surface area contributed by atoms with Crippen molar-refractivity contribution in [1.29, 1.82) is 0 Å². The second-order valence-electron chi connectivity index (χ2n) is 12.1. The molecule has 1 N–H and O–H groups in total. The van der Waals surface area contributed by atoms with Crippen LogP contribution >= 0.6 is 0 Å². The van der Waals surface area contributed by atoms with Crippen LogP contribution < -0.4 is 0 Å². The third-order valence-electron chi connectivity index (χ3n) is 10.0. The van der Waals surface area contributed by atoms with Crippen LogP contribution in [0.25, 0.3) is 0 Å².